The number of aliphatic hydroxyl groups excluding tert-OH is 1. The summed E-state index contributed by atoms with van der Waals surface area (Å²) in [6.07, 6.45) is 1.38. The molecular formula is C24H33NO3. The van der Waals surface area contributed by atoms with Crippen LogP contribution in [0.2, 0.25) is 0 Å². The van der Waals surface area contributed by atoms with E-state index in [9.17, 15) is 9.90 Å². The fourth-order valence-corrected chi connectivity index (χ4v) is 3.35. The summed E-state index contributed by atoms with van der Waals surface area (Å²) in [7, 11) is 0. The first-order chi connectivity index (χ1) is 13.6. The Labute approximate surface area is 169 Å². The van der Waals surface area contributed by atoms with E-state index in [2.05, 4.69) is 18.7 Å². The maximum absolute atomic E-state index is 13.0. The average Bonchev–Trinajstić information content (AvgIpc) is 2.72. The van der Waals surface area contributed by atoms with Gasteiger partial charge in [0.05, 0.1) is 12.7 Å². The monoisotopic (exact) mass is 383 g/mol. The first-order valence-corrected chi connectivity index (χ1v) is 10.3. The molecule has 0 aliphatic carbocycles. The molecular weight excluding hydrogens is 350 g/mol. The maximum Gasteiger partial charge on any atom is 0.191 e. The van der Waals surface area contributed by atoms with Crippen molar-refractivity contribution in [1.82, 2.24) is 4.90 Å². The molecule has 2 aromatic carbocycles. The van der Waals surface area contributed by atoms with Crippen molar-refractivity contribution >= 4 is 5.78 Å². The lowest BCUT2D eigenvalue weighted by Crippen LogP contribution is -2.38. The molecule has 1 N–H and O–H groups in total. The Kier molecular flexibility index (Phi) is 9.91. The highest BCUT2D eigenvalue weighted by molar-refractivity contribution is 5.99. The van der Waals surface area contributed by atoms with Crippen molar-refractivity contribution in [1.29, 1.82) is 0 Å². The van der Waals surface area contributed by atoms with Gasteiger partial charge in [0.2, 0.25) is 0 Å². The summed E-state index contributed by atoms with van der Waals surface area (Å²) >= 11 is 0. The molecule has 0 aliphatic rings. The second-order valence-electron chi connectivity index (χ2n) is 7.20. The predicted molar refractivity (Wildman–Crippen MR) is 114 cm³/mol. The number of hydrogen-bond acceptors (Lipinski definition) is 4. The Hall–Kier alpha value is -2.01. The fourth-order valence-electron chi connectivity index (χ4n) is 3.35. The molecule has 4 heteroatoms. The Morgan fingerprint density at radius 2 is 1.54 bits per heavy atom. The molecule has 0 spiro atoms. The number of aliphatic hydroxyl groups is 1. The van der Waals surface area contributed by atoms with Crippen LogP contribution in [-0.2, 0) is 11.2 Å². The highest BCUT2D eigenvalue weighted by Gasteiger charge is 2.23. The molecule has 2 rings (SSSR count). The third-order valence-electron chi connectivity index (χ3n) is 4.65. The molecule has 0 aliphatic heterocycles. The molecule has 28 heavy (non-hydrogen) atoms. The van der Waals surface area contributed by atoms with E-state index in [0.717, 1.165) is 31.5 Å². The molecule has 0 fully saturated rings. The van der Waals surface area contributed by atoms with Gasteiger partial charge in [-0.25, -0.2) is 0 Å². The first kappa shape index (κ1) is 22.3. The number of hydrogen-bond donors (Lipinski definition) is 1. The molecule has 152 valence electrons. The van der Waals surface area contributed by atoms with Gasteiger partial charge in [-0.1, -0.05) is 74.5 Å². The summed E-state index contributed by atoms with van der Waals surface area (Å²) in [6.45, 7) is 6.92. The number of benzene rings is 2. The molecule has 0 radical (unpaired) electrons. The minimum atomic E-state index is -0.611. The lowest BCUT2D eigenvalue weighted by molar-refractivity contribution is -0.0134. The Morgan fingerprint density at radius 1 is 0.964 bits per heavy atom. The van der Waals surface area contributed by atoms with E-state index in [1.165, 1.54) is 0 Å². The fraction of sp³-hybridized carbons (Fsp3) is 0.458. The van der Waals surface area contributed by atoms with Gasteiger partial charge < -0.3 is 14.7 Å². The second-order valence-corrected chi connectivity index (χ2v) is 7.20. The van der Waals surface area contributed by atoms with Crippen LogP contribution >= 0.6 is 0 Å². The number of carbonyl (C=O) groups is 1. The number of Topliss-reactive ketones (excluding diaryl/α,β-unsaturated/α-hetero) is 1. The minimum Gasteiger partial charge on any atom is -0.389 e. The molecule has 4 nitrogen and oxygen atoms in total. The Morgan fingerprint density at radius 3 is 2.11 bits per heavy atom. The van der Waals surface area contributed by atoms with Crippen LogP contribution < -0.4 is 0 Å². The number of rotatable bonds is 13. The number of nitrogens with zero attached hydrogens (tertiary/aromatic N) is 1. The van der Waals surface area contributed by atoms with Crippen molar-refractivity contribution in [3.05, 3.63) is 71.8 Å². The molecule has 2 unspecified atom stereocenters. The van der Waals surface area contributed by atoms with Gasteiger partial charge in [0, 0.05) is 18.5 Å². The van der Waals surface area contributed by atoms with E-state index in [1.54, 1.807) is 0 Å². The largest absolute Gasteiger partial charge is 0.389 e. The van der Waals surface area contributed by atoms with E-state index < -0.39 is 12.2 Å². The molecule has 0 saturated heterocycles. The van der Waals surface area contributed by atoms with Crippen LogP contribution in [0.1, 0.15) is 42.6 Å². The maximum atomic E-state index is 13.0. The van der Waals surface area contributed by atoms with Crippen molar-refractivity contribution in [3.63, 3.8) is 0 Å². The van der Waals surface area contributed by atoms with E-state index in [-0.39, 0.29) is 12.4 Å². The second kappa shape index (κ2) is 12.4. The molecule has 2 atom stereocenters. The van der Waals surface area contributed by atoms with Gasteiger partial charge in [0.15, 0.2) is 5.78 Å². The number of ether oxygens (including phenoxy) is 1. The van der Waals surface area contributed by atoms with Crippen LogP contribution in [0.25, 0.3) is 0 Å². The van der Waals surface area contributed by atoms with E-state index in [1.807, 2.05) is 60.7 Å². The van der Waals surface area contributed by atoms with Crippen LogP contribution in [0.3, 0.4) is 0 Å². The van der Waals surface area contributed by atoms with Gasteiger partial charge in [-0.15, -0.1) is 0 Å². The van der Waals surface area contributed by atoms with E-state index in [4.69, 9.17) is 4.74 Å². The lowest BCUT2D eigenvalue weighted by atomic mass is 10.00. The molecule has 0 bridgehead atoms. The third-order valence-corrected chi connectivity index (χ3v) is 4.65. The summed E-state index contributed by atoms with van der Waals surface area (Å²) in [4.78, 5) is 15.2. The van der Waals surface area contributed by atoms with E-state index >= 15 is 0 Å². The number of ketones is 1. The van der Waals surface area contributed by atoms with Crippen LogP contribution in [0.5, 0.6) is 0 Å². The zero-order valence-electron chi connectivity index (χ0n) is 17.1. The lowest BCUT2D eigenvalue weighted by Gasteiger charge is -2.25. The zero-order chi connectivity index (χ0) is 20.2. The molecule has 0 amide bonds. The van der Waals surface area contributed by atoms with Gasteiger partial charge in [0.1, 0.15) is 6.10 Å². The van der Waals surface area contributed by atoms with E-state index in [0.29, 0.717) is 18.5 Å². The van der Waals surface area contributed by atoms with Crippen LogP contribution in [0, 0.1) is 0 Å². The average molecular weight is 384 g/mol. The highest BCUT2D eigenvalue weighted by atomic mass is 16.5. The summed E-state index contributed by atoms with van der Waals surface area (Å²) in [6, 6.07) is 19.1. The quantitative estimate of drug-likeness (QED) is 0.532. The molecule has 0 saturated carbocycles. The predicted octanol–water partition coefficient (Wildman–Crippen LogP) is 3.98. The summed E-state index contributed by atoms with van der Waals surface area (Å²) < 4.78 is 5.96. The summed E-state index contributed by atoms with van der Waals surface area (Å²) in [5, 5.41) is 10.5. The molecule has 2 aromatic rings. The van der Waals surface area contributed by atoms with Crippen molar-refractivity contribution in [2.24, 2.45) is 0 Å². The Bertz CT molecular complexity index is 669. The highest BCUT2D eigenvalue weighted by Crippen LogP contribution is 2.13. The molecule has 0 aromatic heterocycles. The zero-order valence-corrected chi connectivity index (χ0v) is 17.1. The standard InChI is InChI=1S/C24H33NO3/c1-3-15-25(16-4-2)18-22(26)19-28-23(17-20-11-7-5-8-12-20)24(27)21-13-9-6-10-14-21/h5-14,22-23,26H,3-4,15-19H2,1-2H3. The third kappa shape index (κ3) is 7.55. The van der Waals surface area contributed by atoms with Gasteiger partial charge >= 0.3 is 0 Å². The molecule has 0 heterocycles. The summed E-state index contributed by atoms with van der Waals surface area (Å²) in [5.41, 5.74) is 1.68. The summed E-state index contributed by atoms with van der Waals surface area (Å²) in [5.74, 6) is -0.0457. The van der Waals surface area contributed by atoms with Gasteiger partial charge in [0.25, 0.3) is 0 Å². The van der Waals surface area contributed by atoms with Crippen LogP contribution in [-0.4, -0.2) is 54.2 Å². The van der Waals surface area contributed by atoms with Crippen molar-refractivity contribution < 1.29 is 14.6 Å². The first-order valence-electron chi connectivity index (χ1n) is 10.3. The van der Waals surface area contributed by atoms with Crippen molar-refractivity contribution in [3.8, 4) is 0 Å². The normalized spacial score (nSPS) is 13.4. The van der Waals surface area contributed by atoms with Crippen molar-refractivity contribution in [2.75, 3.05) is 26.2 Å². The van der Waals surface area contributed by atoms with Crippen LogP contribution in [0.15, 0.2) is 60.7 Å². The van der Waals surface area contributed by atoms with Crippen LogP contribution in [0.4, 0.5) is 0 Å². The van der Waals surface area contributed by atoms with Gasteiger partial charge in [-0.2, -0.15) is 0 Å². The topological polar surface area (TPSA) is 49.8 Å². The minimum absolute atomic E-state index is 0.0457. The van der Waals surface area contributed by atoms with Gasteiger partial charge in [-0.05, 0) is 31.5 Å². The van der Waals surface area contributed by atoms with Crippen molar-refractivity contribution in [2.45, 2.75) is 45.3 Å². The van der Waals surface area contributed by atoms with Gasteiger partial charge in [-0.3, -0.25) is 4.79 Å². The smallest absolute Gasteiger partial charge is 0.191 e. The number of carbonyl (C=O) groups excluding carboxylic acids is 1. The Balaban J connectivity index is 2.01. The SMILES string of the molecule is CCCN(CCC)CC(O)COC(Cc1ccccc1)C(=O)c1ccccc1.